The van der Waals surface area contributed by atoms with E-state index < -0.39 is 10.0 Å². The van der Waals surface area contributed by atoms with Crippen LogP contribution in [-0.2, 0) is 19.6 Å². The molecule has 2 heterocycles. The first-order valence-corrected chi connectivity index (χ1v) is 11.4. The summed E-state index contributed by atoms with van der Waals surface area (Å²) >= 11 is 5.93. The van der Waals surface area contributed by atoms with Crippen molar-refractivity contribution >= 4 is 39.3 Å². The van der Waals surface area contributed by atoms with Crippen molar-refractivity contribution in [1.29, 1.82) is 0 Å². The van der Waals surface area contributed by atoms with E-state index in [4.69, 9.17) is 16.1 Å². The Morgan fingerprint density at radius 3 is 2.60 bits per heavy atom. The molecule has 2 aromatic rings. The lowest BCUT2D eigenvalue weighted by Gasteiger charge is -2.31. The number of aryl methyl sites for hydroxylation is 1. The zero-order valence-electron chi connectivity index (χ0n) is 16.4. The molecule has 1 aliphatic rings. The predicted molar refractivity (Wildman–Crippen MR) is 110 cm³/mol. The molecule has 0 radical (unpaired) electrons. The van der Waals surface area contributed by atoms with E-state index in [-0.39, 0.29) is 40.6 Å². The summed E-state index contributed by atoms with van der Waals surface area (Å²) in [5.41, 5.74) is 0. The molecule has 0 atom stereocenters. The number of anilines is 1. The van der Waals surface area contributed by atoms with Crippen LogP contribution < -0.4 is 10.0 Å². The minimum atomic E-state index is -3.78. The van der Waals surface area contributed by atoms with Gasteiger partial charge in [-0.05, 0) is 31.9 Å². The average molecular weight is 455 g/mol. The summed E-state index contributed by atoms with van der Waals surface area (Å²) in [6, 6.07) is 7.76. The molecule has 1 aliphatic heterocycles. The largest absolute Gasteiger partial charge is 0.360 e. The van der Waals surface area contributed by atoms with E-state index in [0.717, 1.165) is 0 Å². The Hall–Kier alpha value is -2.43. The van der Waals surface area contributed by atoms with Gasteiger partial charge in [0.15, 0.2) is 5.82 Å². The highest BCUT2D eigenvalue weighted by atomic mass is 35.5. The second kappa shape index (κ2) is 9.59. The van der Waals surface area contributed by atoms with E-state index in [2.05, 4.69) is 15.2 Å². The number of rotatable bonds is 7. The van der Waals surface area contributed by atoms with Crippen molar-refractivity contribution in [2.75, 3.05) is 25.0 Å². The van der Waals surface area contributed by atoms with Crippen molar-refractivity contribution in [3.63, 3.8) is 0 Å². The van der Waals surface area contributed by atoms with Crippen molar-refractivity contribution in [3.8, 4) is 0 Å². The van der Waals surface area contributed by atoms with Crippen LogP contribution in [-0.4, -0.2) is 49.9 Å². The van der Waals surface area contributed by atoms with Gasteiger partial charge >= 0.3 is 0 Å². The minimum Gasteiger partial charge on any atom is -0.360 e. The lowest BCUT2D eigenvalue weighted by atomic mass is 9.95. The SMILES string of the molecule is Cc1cc(NC(=O)C2CCN(C(=O)CCNS(=O)(=O)c3ccccc3Cl)CC2)no1. The Morgan fingerprint density at radius 2 is 1.97 bits per heavy atom. The molecule has 1 fully saturated rings. The van der Waals surface area contributed by atoms with Crippen LogP contribution in [0.25, 0.3) is 0 Å². The van der Waals surface area contributed by atoms with Crippen molar-refractivity contribution in [2.24, 2.45) is 5.92 Å². The molecular weight excluding hydrogens is 432 g/mol. The monoisotopic (exact) mass is 454 g/mol. The molecule has 1 aromatic carbocycles. The molecule has 30 heavy (non-hydrogen) atoms. The van der Waals surface area contributed by atoms with Gasteiger partial charge in [-0.1, -0.05) is 28.9 Å². The summed E-state index contributed by atoms with van der Waals surface area (Å²) in [5.74, 6) is 0.452. The Kier molecular flexibility index (Phi) is 7.11. The standard InChI is InChI=1S/C19H23ClN4O5S/c1-13-12-17(23-29-13)22-19(26)14-7-10-24(11-8-14)18(25)6-9-21-30(27,28)16-5-3-2-4-15(16)20/h2-5,12,14,21H,6-11H2,1H3,(H,22,23,26). The molecule has 9 nitrogen and oxygen atoms in total. The van der Waals surface area contributed by atoms with Gasteiger partial charge in [0.2, 0.25) is 21.8 Å². The number of likely N-dealkylation sites (tertiary alicyclic amines) is 1. The second-order valence-corrected chi connectivity index (χ2v) is 9.19. The number of piperidine rings is 1. The van der Waals surface area contributed by atoms with Gasteiger partial charge in [-0.2, -0.15) is 0 Å². The summed E-state index contributed by atoms with van der Waals surface area (Å²) in [5, 5.41) is 6.57. The van der Waals surface area contributed by atoms with Crippen LogP contribution in [0.5, 0.6) is 0 Å². The third kappa shape index (κ3) is 5.59. The molecule has 2 N–H and O–H groups in total. The Morgan fingerprint density at radius 1 is 1.27 bits per heavy atom. The number of sulfonamides is 1. The van der Waals surface area contributed by atoms with Crippen LogP contribution in [0.15, 0.2) is 39.8 Å². The van der Waals surface area contributed by atoms with Gasteiger partial charge < -0.3 is 14.7 Å². The van der Waals surface area contributed by atoms with Crippen molar-refractivity contribution < 1.29 is 22.5 Å². The van der Waals surface area contributed by atoms with Crippen LogP contribution in [0.3, 0.4) is 0 Å². The maximum Gasteiger partial charge on any atom is 0.242 e. The van der Waals surface area contributed by atoms with Crippen LogP contribution in [0.2, 0.25) is 5.02 Å². The number of hydrogen-bond donors (Lipinski definition) is 2. The number of nitrogens with zero attached hydrogens (tertiary/aromatic N) is 2. The molecule has 1 saturated heterocycles. The van der Waals surface area contributed by atoms with Crippen molar-refractivity contribution in [3.05, 3.63) is 41.1 Å². The number of amides is 2. The fourth-order valence-corrected chi connectivity index (χ4v) is 4.78. The molecule has 162 valence electrons. The molecular formula is C19H23ClN4O5S. The first-order valence-electron chi connectivity index (χ1n) is 9.52. The maximum atomic E-state index is 12.4. The number of hydrogen-bond acceptors (Lipinski definition) is 6. The van der Waals surface area contributed by atoms with E-state index in [9.17, 15) is 18.0 Å². The highest BCUT2D eigenvalue weighted by Gasteiger charge is 2.28. The summed E-state index contributed by atoms with van der Waals surface area (Å²) in [6.45, 7) is 2.58. The van der Waals surface area contributed by atoms with Gasteiger partial charge in [-0.3, -0.25) is 9.59 Å². The lowest BCUT2D eigenvalue weighted by molar-refractivity contribution is -0.134. The van der Waals surface area contributed by atoms with Crippen LogP contribution in [0.1, 0.15) is 25.0 Å². The molecule has 0 unspecified atom stereocenters. The summed E-state index contributed by atoms with van der Waals surface area (Å²) in [7, 11) is -3.78. The number of halogens is 1. The Bertz CT molecular complexity index is 1020. The number of carbonyl (C=O) groups excluding carboxylic acids is 2. The predicted octanol–water partition coefficient (Wildman–Crippen LogP) is 2.18. The van der Waals surface area contributed by atoms with Gasteiger partial charge in [0.25, 0.3) is 0 Å². The first kappa shape index (κ1) is 22.3. The van der Waals surface area contributed by atoms with Gasteiger partial charge in [-0.25, -0.2) is 13.1 Å². The summed E-state index contributed by atoms with van der Waals surface area (Å²) < 4.78 is 31.9. The molecule has 0 aliphatic carbocycles. The zero-order chi connectivity index (χ0) is 21.7. The molecule has 0 saturated carbocycles. The number of nitrogens with one attached hydrogen (secondary N) is 2. The summed E-state index contributed by atoms with van der Waals surface area (Å²) in [6.07, 6.45) is 1.08. The fourth-order valence-electron chi connectivity index (χ4n) is 3.24. The van der Waals surface area contributed by atoms with Crippen molar-refractivity contribution in [1.82, 2.24) is 14.8 Å². The molecule has 3 rings (SSSR count). The highest BCUT2D eigenvalue weighted by Crippen LogP contribution is 2.21. The number of aromatic nitrogens is 1. The first-order chi connectivity index (χ1) is 14.3. The van der Waals surface area contributed by atoms with Crippen molar-refractivity contribution in [2.45, 2.75) is 31.1 Å². The lowest BCUT2D eigenvalue weighted by Crippen LogP contribution is -2.42. The molecule has 11 heteroatoms. The number of carbonyl (C=O) groups is 2. The minimum absolute atomic E-state index is 0.0201. The normalized spacial score (nSPS) is 15.2. The van der Waals surface area contributed by atoms with Gasteiger partial charge in [-0.15, -0.1) is 0 Å². The third-order valence-corrected chi connectivity index (χ3v) is 6.82. The van der Waals surface area contributed by atoms with Gasteiger partial charge in [0.05, 0.1) is 5.02 Å². The molecule has 2 amide bonds. The topological polar surface area (TPSA) is 122 Å². The van der Waals surface area contributed by atoms with Crippen LogP contribution >= 0.6 is 11.6 Å². The molecule has 1 aromatic heterocycles. The van der Waals surface area contributed by atoms with E-state index in [1.807, 2.05) is 0 Å². The maximum absolute atomic E-state index is 12.4. The van der Waals surface area contributed by atoms with E-state index >= 15 is 0 Å². The Labute approximate surface area is 179 Å². The molecule has 0 bridgehead atoms. The fraction of sp³-hybridized carbons (Fsp3) is 0.421. The third-order valence-electron chi connectivity index (χ3n) is 4.85. The number of benzene rings is 1. The van der Waals surface area contributed by atoms with E-state index in [0.29, 0.717) is 37.5 Å². The van der Waals surface area contributed by atoms with E-state index in [1.54, 1.807) is 30.0 Å². The zero-order valence-corrected chi connectivity index (χ0v) is 18.0. The van der Waals surface area contributed by atoms with Crippen LogP contribution in [0, 0.1) is 12.8 Å². The average Bonchev–Trinajstić information content (AvgIpc) is 3.12. The van der Waals surface area contributed by atoms with E-state index in [1.165, 1.54) is 12.1 Å². The van der Waals surface area contributed by atoms with Crippen LogP contribution in [0.4, 0.5) is 5.82 Å². The quantitative estimate of drug-likeness (QED) is 0.661. The highest BCUT2D eigenvalue weighted by molar-refractivity contribution is 7.89. The van der Waals surface area contributed by atoms with Gasteiger partial charge in [0, 0.05) is 38.0 Å². The Balaban J connectivity index is 1.43. The summed E-state index contributed by atoms with van der Waals surface area (Å²) in [4.78, 5) is 26.3. The van der Waals surface area contributed by atoms with Gasteiger partial charge in [0.1, 0.15) is 10.7 Å². The second-order valence-electron chi connectivity index (χ2n) is 7.05. The smallest absolute Gasteiger partial charge is 0.242 e. The molecule has 0 spiro atoms.